The summed E-state index contributed by atoms with van der Waals surface area (Å²) in [5.41, 5.74) is 0.387. The van der Waals surface area contributed by atoms with Crippen LogP contribution in [0.2, 0.25) is 0 Å². The lowest BCUT2D eigenvalue weighted by Gasteiger charge is -2.42. The van der Waals surface area contributed by atoms with E-state index in [1.165, 1.54) is 6.07 Å². The van der Waals surface area contributed by atoms with Gasteiger partial charge in [-0.05, 0) is 37.2 Å². The first-order valence-corrected chi connectivity index (χ1v) is 8.26. The van der Waals surface area contributed by atoms with Gasteiger partial charge in [-0.2, -0.15) is 0 Å². The molecular formula is C17H26BFO3. The molecule has 0 spiro atoms. The van der Waals surface area contributed by atoms with E-state index in [-0.39, 0.29) is 23.4 Å². The monoisotopic (exact) mass is 308 g/mol. The van der Waals surface area contributed by atoms with Gasteiger partial charge >= 0.3 is 7.12 Å². The van der Waals surface area contributed by atoms with Gasteiger partial charge < -0.3 is 14.4 Å². The molecule has 122 valence electrons. The number of halogens is 1. The third kappa shape index (κ3) is 2.59. The van der Waals surface area contributed by atoms with E-state index in [0.29, 0.717) is 0 Å². The molecule has 0 atom stereocenters. The van der Waals surface area contributed by atoms with Crippen LogP contribution in [-0.2, 0) is 15.9 Å². The second-order valence-electron chi connectivity index (χ2n) is 5.98. The highest BCUT2D eigenvalue weighted by molar-refractivity contribution is 6.62. The molecule has 0 aromatic heterocycles. The Hall–Kier alpha value is -0.905. The zero-order chi connectivity index (χ0) is 16.4. The van der Waals surface area contributed by atoms with Crippen LogP contribution in [0.1, 0.15) is 58.9 Å². The van der Waals surface area contributed by atoms with Crippen molar-refractivity contribution in [2.24, 2.45) is 0 Å². The topological polar surface area (TPSA) is 38.7 Å². The zero-order valence-electron chi connectivity index (χ0n) is 14.0. The van der Waals surface area contributed by atoms with Crippen molar-refractivity contribution in [1.29, 1.82) is 0 Å². The first-order valence-electron chi connectivity index (χ1n) is 8.26. The Morgan fingerprint density at radius 3 is 1.91 bits per heavy atom. The number of rotatable bonds is 6. The third-order valence-corrected chi connectivity index (χ3v) is 5.29. The molecule has 1 aromatic carbocycles. The van der Waals surface area contributed by atoms with E-state index in [1.807, 2.05) is 0 Å². The second-order valence-corrected chi connectivity index (χ2v) is 5.98. The number of hydrogen-bond donors (Lipinski definition) is 1. The van der Waals surface area contributed by atoms with Gasteiger partial charge in [0.1, 0.15) is 5.82 Å². The second kappa shape index (κ2) is 6.69. The maximum atomic E-state index is 13.6. The Morgan fingerprint density at radius 1 is 1.00 bits per heavy atom. The highest BCUT2D eigenvalue weighted by Gasteiger charge is 2.58. The lowest BCUT2D eigenvalue weighted by molar-refractivity contribution is -0.0601. The number of aliphatic hydroxyl groups is 1. The average molecular weight is 308 g/mol. The van der Waals surface area contributed by atoms with Crippen LogP contribution < -0.4 is 5.46 Å². The minimum Gasteiger partial charge on any atom is -0.399 e. The highest BCUT2D eigenvalue weighted by atomic mass is 19.1. The van der Waals surface area contributed by atoms with E-state index in [9.17, 15) is 9.50 Å². The largest absolute Gasteiger partial charge is 0.494 e. The van der Waals surface area contributed by atoms with Gasteiger partial charge in [0.25, 0.3) is 0 Å². The summed E-state index contributed by atoms with van der Waals surface area (Å²) in [5, 5.41) is 9.25. The number of benzene rings is 1. The van der Waals surface area contributed by atoms with Crippen molar-refractivity contribution in [3.63, 3.8) is 0 Å². The fraction of sp³-hybridized carbons (Fsp3) is 0.647. The lowest BCUT2D eigenvalue weighted by atomic mass is 9.75. The molecule has 0 saturated carbocycles. The van der Waals surface area contributed by atoms with Gasteiger partial charge in [-0.3, -0.25) is 0 Å². The summed E-state index contributed by atoms with van der Waals surface area (Å²) in [5.74, 6) is -0.404. The summed E-state index contributed by atoms with van der Waals surface area (Å²) in [6, 6.07) is 4.68. The van der Waals surface area contributed by atoms with Crippen molar-refractivity contribution in [3.05, 3.63) is 29.6 Å². The molecule has 1 N–H and O–H groups in total. The van der Waals surface area contributed by atoms with Crippen molar-refractivity contribution >= 4 is 12.6 Å². The van der Waals surface area contributed by atoms with Crippen molar-refractivity contribution in [1.82, 2.24) is 0 Å². The van der Waals surface area contributed by atoms with Crippen LogP contribution in [0.15, 0.2) is 18.2 Å². The molecule has 0 amide bonds. The van der Waals surface area contributed by atoms with Gasteiger partial charge in [-0.15, -0.1) is 0 Å². The van der Waals surface area contributed by atoms with Crippen molar-refractivity contribution < 1.29 is 18.8 Å². The molecule has 1 aliphatic rings. The van der Waals surface area contributed by atoms with Gasteiger partial charge in [0.05, 0.1) is 17.8 Å². The quantitative estimate of drug-likeness (QED) is 0.820. The maximum Gasteiger partial charge on any atom is 0.494 e. The summed E-state index contributed by atoms with van der Waals surface area (Å²) in [6.07, 6.45) is 3.48. The predicted octanol–water partition coefficient (Wildman–Crippen LogP) is 3.18. The molecule has 5 heteroatoms. The zero-order valence-corrected chi connectivity index (χ0v) is 14.0. The van der Waals surface area contributed by atoms with Crippen LogP contribution in [0, 0.1) is 5.82 Å². The predicted molar refractivity (Wildman–Crippen MR) is 86.5 cm³/mol. The van der Waals surface area contributed by atoms with E-state index in [0.717, 1.165) is 31.1 Å². The standard InChI is InChI=1S/C17H26BFO3/c1-5-16(6-2)17(7-3,8-4)22-18(21-16)14-9-10-15(19)13(11-14)12-20/h9-11,20H,5-8,12H2,1-4H3. The minimum atomic E-state index is -0.509. The van der Waals surface area contributed by atoms with E-state index in [2.05, 4.69) is 27.7 Å². The van der Waals surface area contributed by atoms with Crippen LogP contribution in [0.25, 0.3) is 0 Å². The van der Waals surface area contributed by atoms with E-state index in [4.69, 9.17) is 9.31 Å². The molecule has 1 fully saturated rings. The van der Waals surface area contributed by atoms with Gasteiger partial charge in [0.2, 0.25) is 0 Å². The highest BCUT2D eigenvalue weighted by Crippen LogP contribution is 2.46. The van der Waals surface area contributed by atoms with Crippen LogP contribution in [0.5, 0.6) is 0 Å². The summed E-state index contributed by atoms with van der Waals surface area (Å²) in [6.45, 7) is 8.17. The van der Waals surface area contributed by atoms with Crippen molar-refractivity contribution in [3.8, 4) is 0 Å². The van der Waals surface area contributed by atoms with Crippen molar-refractivity contribution in [2.45, 2.75) is 71.2 Å². The Morgan fingerprint density at radius 2 is 1.50 bits per heavy atom. The Balaban J connectivity index is 2.39. The Labute approximate surface area is 133 Å². The van der Waals surface area contributed by atoms with E-state index < -0.39 is 12.9 Å². The third-order valence-electron chi connectivity index (χ3n) is 5.29. The van der Waals surface area contributed by atoms with Gasteiger partial charge in [-0.25, -0.2) is 4.39 Å². The smallest absolute Gasteiger partial charge is 0.399 e. The molecule has 0 radical (unpaired) electrons. The minimum absolute atomic E-state index is 0.272. The Bertz CT molecular complexity index is 493. The summed E-state index contributed by atoms with van der Waals surface area (Å²) < 4.78 is 26.3. The van der Waals surface area contributed by atoms with Crippen LogP contribution >= 0.6 is 0 Å². The first-order chi connectivity index (χ1) is 10.5. The van der Waals surface area contributed by atoms with E-state index in [1.54, 1.807) is 12.1 Å². The van der Waals surface area contributed by atoms with Gasteiger partial charge in [0.15, 0.2) is 0 Å². The molecule has 1 aromatic rings. The summed E-state index contributed by atoms with van der Waals surface area (Å²) in [7, 11) is -0.509. The average Bonchev–Trinajstić information content (AvgIpc) is 2.90. The number of hydrogen-bond acceptors (Lipinski definition) is 3. The summed E-state index contributed by atoms with van der Waals surface area (Å²) >= 11 is 0. The molecule has 0 bridgehead atoms. The molecule has 0 aliphatic carbocycles. The first kappa shape index (κ1) is 17.4. The molecule has 3 nitrogen and oxygen atoms in total. The van der Waals surface area contributed by atoms with Gasteiger partial charge in [-0.1, -0.05) is 39.8 Å². The molecule has 2 rings (SSSR count). The van der Waals surface area contributed by atoms with E-state index >= 15 is 0 Å². The van der Waals surface area contributed by atoms with Crippen molar-refractivity contribution in [2.75, 3.05) is 0 Å². The molecule has 1 saturated heterocycles. The van der Waals surface area contributed by atoms with Crippen LogP contribution in [0.4, 0.5) is 4.39 Å². The fourth-order valence-corrected chi connectivity index (χ4v) is 3.77. The number of aliphatic hydroxyl groups excluding tert-OH is 1. The molecule has 1 heterocycles. The lowest BCUT2D eigenvalue weighted by Crippen LogP contribution is -2.50. The van der Waals surface area contributed by atoms with Gasteiger partial charge in [0, 0.05) is 5.56 Å². The normalized spacial score (nSPS) is 19.6. The SMILES string of the molecule is CCC1(CC)OB(c2ccc(F)c(CO)c2)OC1(CC)CC. The molecule has 22 heavy (non-hydrogen) atoms. The molecule has 1 aliphatic heterocycles. The molecular weight excluding hydrogens is 282 g/mol. The van der Waals surface area contributed by atoms with Crippen LogP contribution in [-0.4, -0.2) is 23.4 Å². The van der Waals surface area contributed by atoms with Crippen LogP contribution in [0.3, 0.4) is 0 Å². The fourth-order valence-electron chi connectivity index (χ4n) is 3.77. The summed E-state index contributed by atoms with van der Waals surface area (Å²) in [4.78, 5) is 0. The Kier molecular flexibility index (Phi) is 5.31. The molecule has 0 unspecified atom stereocenters. The maximum absolute atomic E-state index is 13.6.